The Balaban J connectivity index is 1.47. The van der Waals surface area contributed by atoms with Crippen molar-refractivity contribution >= 4 is 11.5 Å². The molecular weight excluding hydrogens is 390 g/mol. The summed E-state index contributed by atoms with van der Waals surface area (Å²) in [5.74, 6) is 0.797. The van der Waals surface area contributed by atoms with Gasteiger partial charge in [-0.05, 0) is 43.7 Å². The van der Waals surface area contributed by atoms with Gasteiger partial charge in [0.05, 0.1) is 23.8 Å². The molecule has 10 heteroatoms. The van der Waals surface area contributed by atoms with Gasteiger partial charge in [-0.1, -0.05) is 6.07 Å². The van der Waals surface area contributed by atoms with Gasteiger partial charge in [-0.15, -0.1) is 0 Å². The number of anilines is 1. The standard InChI is InChI=1S/C20H20F2N8/c21-20(22)29-12-13(9-25-29)15-6-7-19-24-11-17(30(19)28-15)16-4-1-5-18(27-16)26-14-3-2-8-23-10-14/h1,4-7,9,11-12,14,20,23H,2-3,8,10H2,(H,26,27)/t14-/m1/s1. The van der Waals surface area contributed by atoms with E-state index in [0.29, 0.717) is 27.6 Å². The van der Waals surface area contributed by atoms with Crippen molar-refractivity contribution in [2.45, 2.75) is 25.4 Å². The van der Waals surface area contributed by atoms with Crippen LogP contribution in [0.25, 0.3) is 28.3 Å². The van der Waals surface area contributed by atoms with Crippen molar-refractivity contribution in [1.82, 2.24) is 34.7 Å². The first-order chi connectivity index (χ1) is 14.7. The van der Waals surface area contributed by atoms with E-state index in [9.17, 15) is 8.78 Å². The highest BCUT2D eigenvalue weighted by atomic mass is 19.3. The van der Waals surface area contributed by atoms with Crippen molar-refractivity contribution in [1.29, 1.82) is 0 Å². The second kappa shape index (κ2) is 7.79. The van der Waals surface area contributed by atoms with Crippen LogP contribution in [0.3, 0.4) is 0 Å². The fraction of sp³-hybridized carbons (Fsp3) is 0.300. The molecule has 0 saturated carbocycles. The summed E-state index contributed by atoms with van der Waals surface area (Å²) < 4.78 is 27.9. The third-order valence-electron chi connectivity index (χ3n) is 5.12. The number of nitrogens with zero attached hydrogens (tertiary/aromatic N) is 6. The second-order valence-electron chi connectivity index (χ2n) is 7.21. The second-order valence-corrected chi connectivity index (χ2v) is 7.21. The molecule has 1 saturated heterocycles. The molecule has 1 aliphatic rings. The van der Waals surface area contributed by atoms with Gasteiger partial charge in [0.2, 0.25) is 0 Å². The van der Waals surface area contributed by atoms with Crippen LogP contribution in [-0.2, 0) is 0 Å². The van der Waals surface area contributed by atoms with E-state index < -0.39 is 6.55 Å². The molecule has 154 valence electrons. The minimum atomic E-state index is -2.69. The summed E-state index contributed by atoms with van der Waals surface area (Å²) in [5, 5.41) is 15.1. The van der Waals surface area contributed by atoms with Crippen LogP contribution in [0.1, 0.15) is 19.4 Å². The predicted molar refractivity (Wildman–Crippen MR) is 108 cm³/mol. The lowest BCUT2D eigenvalue weighted by atomic mass is 10.1. The van der Waals surface area contributed by atoms with Gasteiger partial charge < -0.3 is 10.6 Å². The molecule has 5 heterocycles. The summed E-state index contributed by atoms with van der Waals surface area (Å²) >= 11 is 0. The van der Waals surface area contributed by atoms with Crippen LogP contribution in [0, 0.1) is 0 Å². The van der Waals surface area contributed by atoms with Crippen LogP contribution in [0.15, 0.2) is 48.9 Å². The molecule has 1 fully saturated rings. The monoisotopic (exact) mass is 410 g/mol. The fourth-order valence-corrected chi connectivity index (χ4v) is 3.62. The molecular formula is C20H20F2N8. The number of imidazole rings is 1. The van der Waals surface area contributed by atoms with E-state index in [1.54, 1.807) is 22.8 Å². The lowest BCUT2D eigenvalue weighted by molar-refractivity contribution is 0.0566. The van der Waals surface area contributed by atoms with Gasteiger partial charge >= 0.3 is 6.55 Å². The van der Waals surface area contributed by atoms with Gasteiger partial charge in [-0.2, -0.15) is 19.0 Å². The van der Waals surface area contributed by atoms with Crippen molar-refractivity contribution in [2.75, 3.05) is 18.4 Å². The molecule has 0 bridgehead atoms. The van der Waals surface area contributed by atoms with E-state index in [-0.39, 0.29) is 0 Å². The molecule has 0 amide bonds. The molecule has 0 aliphatic carbocycles. The maximum absolute atomic E-state index is 12.8. The Morgan fingerprint density at radius 1 is 1.13 bits per heavy atom. The molecule has 0 radical (unpaired) electrons. The highest BCUT2D eigenvalue weighted by Gasteiger charge is 2.15. The first-order valence-electron chi connectivity index (χ1n) is 9.79. The molecule has 0 aromatic carbocycles. The summed E-state index contributed by atoms with van der Waals surface area (Å²) in [6.45, 7) is -0.721. The number of fused-ring (bicyclic) bond motifs is 1. The van der Waals surface area contributed by atoms with Gasteiger partial charge in [0.15, 0.2) is 5.65 Å². The maximum atomic E-state index is 12.8. The summed E-state index contributed by atoms with van der Waals surface area (Å²) in [7, 11) is 0. The summed E-state index contributed by atoms with van der Waals surface area (Å²) in [6, 6.07) is 9.66. The number of pyridine rings is 1. The number of hydrogen-bond acceptors (Lipinski definition) is 6. The van der Waals surface area contributed by atoms with E-state index in [0.717, 1.165) is 43.1 Å². The molecule has 1 atom stereocenters. The zero-order chi connectivity index (χ0) is 20.5. The Morgan fingerprint density at radius 2 is 2.07 bits per heavy atom. The third-order valence-corrected chi connectivity index (χ3v) is 5.12. The topological polar surface area (TPSA) is 85.0 Å². The molecule has 8 nitrogen and oxygen atoms in total. The number of nitrogens with one attached hydrogen (secondary N) is 2. The van der Waals surface area contributed by atoms with E-state index in [1.165, 1.54) is 12.4 Å². The highest BCUT2D eigenvalue weighted by Crippen LogP contribution is 2.24. The fourth-order valence-electron chi connectivity index (χ4n) is 3.62. The Kier molecular flexibility index (Phi) is 4.83. The SMILES string of the molecule is FC(F)n1cc(-c2ccc3ncc(-c4cccc(N[C@@H]5CCCNC5)n4)n3n2)cn1. The normalized spacial score (nSPS) is 17.0. The Morgan fingerprint density at radius 3 is 2.87 bits per heavy atom. The molecule has 0 spiro atoms. The van der Waals surface area contributed by atoms with Gasteiger partial charge in [0, 0.05) is 24.3 Å². The van der Waals surface area contributed by atoms with E-state index in [2.05, 4.69) is 25.8 Å². The van der Waals surface area contributed by atoms with Crippen molar-refractivity contribution in [2.24, 2.45) is 0 Å². The lowest BCUT2D eigenvalue weighted by Gasteiger charge is -2.24. The van der Waals surface area contributed by atoms with Gasteiger partial charge in [0.1, 0.15) is 11.5 Å². The van der Waals surface area contributed by atoms with E-state index in [4.69, 9.17) is 4.98 Å². The number of aromatic nitrogens is 6. The van der Waals surface area contributed by atoms with Crippen LogP contribution in [0.5, 0.6) is 0 Å². The van der Waals surface area contributed by atoms with E-state index in [1.807, 2.05) is 18.2 Å². The quantitative estimate of drug-likeness (QED) is 0.526. The Bertz CT molecular complexity index is 1160. The zero-order valence-electron chi connectivity index (χ0n) is 16.0. The third kappa shape index (κ3) is 3.61. The van der Waals surface area contributed by atoms with Crippen molar-refractivity contribution in [3.63, 3.8) is 0 Å². The molecule has 5 rings (SSSR count). The van der Waals surface area contributed by atoms with Crippen molar-refractivity contribution in [3.8, 4) is 22.6 Å². The highest BCUT2D eigenvalue weighted by molar-refractivity contribution is 5.64. The van der Waals surface area contributed by atoms with Crippen LogP contribution < -0.4 is 10.6 Å². The maximum Gasteiger partial charge on any atom is 0.333 e. The van der Waals surface area contributed by atoms with Gasteiger partial charge in [0.25, 0.3) is 0 Å². The largest absolute Gasteiger partial charge is 0.366 e. The summed E-state index contributed by atoms with van der Waals surface area (Å²) in [4.78, 5) is 9.13. The zero-order valence-corrected chi connectivity index (χ0v) is 16.0. The molecule has 0 unspecified atom stereocenters. The average Bonchev–Trinajstić information content (AvgIpc) is 3.42. The first kappa shape index (κ1) is 18.6. The summed E-state index contributed by atoms with van der Waals surface area (Å²) in [5.41, 5.74) is 3.12. The van der Waals surface area contributed by atoms with E-state index >= 15 is 0 Å². The van der Waals surface area contributed by atoms with Crippen LogP contribution in [0.2, 0.25) is 0 Å². The Hall–Kier alpha value is -3.40. The van der Waals surface area contributed by atoms with Gasteiger partial charge in [-0.25, -0.2) is 19.2 Å². The first-order valence-corrected chi connectivity index (χ1v) is 9.79. The number of piperidine rings is 1. The smallest absolute Gasteiger partial charge is 0.333 e. The van der Waals surface area contributed by atoms with Crippen LogP contribution >= 0.6 is 0 Å². The minimum Gasteiger partial charge on any atom is -0.366 e. The predicted octanol–water partition coefficient (Wildman–Crippen LogP) is 3.21. The average molecular weight is 410 g/mol. The van der Waals surface area contributed by atoms with Gasteiger partial charge in [-0.3, -0.25) is 0 Å². The lowest BCUT2D eigenvalue weighted by Crippen LogP contribution is -2.38. The molecule has 1 aliphatic heterocycles. The van der Waals surface area contributed by atoms with Crippen molar-refractivity contribution in [3.05, 3.63) is 48.9 Å². The number of rotatable bonds is 5. The minimum absolute atomic E-state index is 0.347. The van der Waals surface area contributed by atoms with Crippen LogP contribution in [0.4, 0.5) is 14.6 Å². The molecule has 30 heavy (non-hydrogen) atoms. The molecule has 2 N–H and O–H groups in total. The Labute approximate surface area is 171 Å². The summed E-state index contributed by atoms with van der Waals surface area (Å²) in [6.07, 6.45) is 6.60. The number of alkyl halides is 2. The molecule has 4 aromatic rings. The number of halogens is 2. The van der Waals surface area contributed by atoms with Crippen LogP contribution in [-0.4, -0.2) is 48.5 Å². The number of hydrogen-bond donors (Lipinski definition) is 2. The molecule has 4 aromatic heterocycles. The van der Waals surface area contributed by atoms with Crippen molar-refractivity contribution < 1.29 is 8.78 Å².